The van der Waals surface area contributed by atoms with Gasteiger partial charge in [-0.15, -0.1) is 0 Å². The van der Waals surface area contributed by atoms with Crippen LogP contribution in [0.5, 0.6) is 11.5 Å². The van der Waals surface area contributed by atoms with Gasteiger partial charge in [0.25, 0.3) is 0 Å². The van der Waals surface area contributed by atoms with E-state index in [1.165, 1.54) is 5.56 Å². The predicted octanol–water partition coefficient (Wildman–Crippen LogP) is 4.68. The molecular formula is C36H43N3O6. The van der Waals surface area contributed by atoms with Crippen LogP contribution in [-0.2, 0) is 19.1 Å². The van der Waals surface area contributed by atoms with Gasteiger partial charge >= 0.3 is 0 Å². The van der Waals surface area contributed by atoms with Crippen LogP contribution in [0.4, 0.5) is 5.69 Å². The monoisotopic (exact) mass is 613 g/mol. The zero-order chi connectivity index (χ0) is 31.5. The number of fused-ring (bicyclic) bond motifs is 2. The topological polar surface area (TPSA) is 106 Å². The summed E-state index contributed by atoms with van der Waals surface area (Å²) in [5.41, 5.74) is 0.590. The maximum absolute atomic E-state index is 14.5. The zero-order valence-corrected chi connectivity index (χ0v) is 26.4. The Morgan fingerprint density at radius 3 is 2.53 bits per heavy atom. The van der Waals surface area contributed by atoms with Gasteiger partial charge in [0.15, 0.2) is 17.6 Å². The van der Waals surface area contributed by atoms with Crippen molar-refractivity contribution < 1.29 is 28.6 Å². The van der Waals surface area contributed by atoms with Crippen molar-refractivity contribution in [1.29, 1.82) is 0 Å². The van der Waals surface area contributed by atoms with Crippen molar-refractivity contribution in [3.05, 3.63) is 66.2 Å². The quantitative estimate of drug-likeness (QED) is 0.440. The van der Waals surface area contributed by atoms with E-state index in [0.717, 1.165) is 19.3 Å². The number of benzene rings is 2. The number of anilines is 1. The lowest BCUT2D eigenvalue weighted by Crippen LogP contribution is -2.59. The van der Waals surface area contributed by atoms with Crippen LogP contribution >= 0.6 is 0 Å². The van der Waals surface area contributed by atoms with Gasteiger partial charge in [0.2, 0.25) is 17.7 Å². The number of hydrogen-bond donors (Lipinski definition) is 2. The second kappa shape index (κ2) is 11.5. The Morgan fingerprint density at radius 1 is 1.02 bits per heavy atom. The van der Waals surface area contributed by atoms with Gasteiger partial charge in [-0.2, -0.15) is 0 Å². The summed E-state index contributed by atoms with van der Waals surface area (Å²) < 4.78 is 18.8. The molecule has 1 saturated carbocycles. The number of hydrogen-bond acceptors (Lipinski definition) is 6. The highest BCUT2D eigenvalue weighted by Gasteiger charge is 2.73. The Hall–Kier alpha value is -3.85. The van der Waals surface area contributed by atoms with Gasteiger partial charge in [0.1, 0.15) is 18.2 Å². The Labute approximate surface area is 264 Å². The number of para-hydroxylation sites is 2. The van der Waals surface area contributed by atoms with E-state index < -0.39 is 35.7 Å². The van der Waals surface area contributed by atoms with Crippen LogP contribution in [0.3, 0.4) is 0 Å². The second-order valence-electron chi connectivity index (χ2n) is 13.8. The lowest BCUT2D eigenvalue weighted by atomic mass is 9.73. The molecule has 5 aliphatic rings. The molecule has 2 saturated heterocycles. The third-order valence-corrected chi connectivity index (χ3v) is 10.8. The van der Waals surface area contributed by atoms with Crippen LogP contribution in [0.25, 0.3) is 0 Å². The third-order valence-electron chi connectivity index (χ3n) is 10.8. The van der Waals surface area contributed by atoms with E-state index in [4.69, 9.17) is 14.2 Å². The molecule has 7 unspecified atom stereocenters. The van der Waals surface area contributed by atoms with Gasteiger partial charge in [-0.3, -0.25) is 14.4 Å². The van der Waals surface area contributed by atoms with E-state index in [1.807, 2.05) is 60.7 Å². The molecule has 9 nitrogen and oxygen atoms in total. The Morgan fingerprint density at radius 2 is 1.78 bits per heavy atom. The molecule has 45 heavy (non-hydrogen) atoms. The average molecular weight is 614 g/mol. The number of ether oxygens (including phenoxy) is 3. The summed E-state index contributed by atoms with van der Waals surface area (Å²) in [5, 5.41) is 6.34. The van der Waals surface area contributed by atoms with E-state index in [9.17, 15) is 14.4 Å². The Kier molecular flexibility index (Phi) is 7.63. The van der Waals surface area contributed by atoms with Crippen LogP contribution in [0.1, 0.15) is 58.4 Å². The second-order valence-corrected chi connectivity index (χ2v) is 13.8. The van der Waals surface area contributed by atoms with Crippen LogP contribution < -0.4 is 20.1 Å². The molecule has 0 aromatic heterocycles. The van der Waals surface area contributed by atoms with Crippen molar-refractivity contribution in [3.63, 3.8) is 0 Å². The van der Waals surface area contributed by atoms with E-state index in [-0.39, 0.29) is 36.9 Å². The molecule has 7 rings (SSSR count). The highest BCUT2D eigenvalue weighted by Crippen LogP contribution is 2.55. The van der Waals surface area contributed by atoms with Crippen molar-refractivity contribution in [2.24, 2.45) is 23.7 Å². The summed E-state index contributed by atoms with van der Waals surface area (Å²) in [6.45, 7) is 9.02. The lowest BCUT2D eigenvalue weighted by Gasteiger charge is -2.38. The molecule has 1 aliphatic carbocycles. The van der Waals surface area contributed by atoms with Gasteiger partial charge in [0, 0.05) is 11.7 Å². The molecule has 2 bridgehead atoms. The average Bonchev–Trinajstić information content (AvgIpc) is 3.67. The number of carbonyl (C=O) groups excluding carboxylic acids is 3. The number of amides is 3. The van der Waals surface area contributed by atoms with Gasteiger partial charge in [-0.25, -0.2) is 0 Å². The summed E-state index contributed by atoms with van der Waals surface area (Å²) in [4.78, 5) is 44.3. The summed E-state index contributed by atoms with van der Waals surface area (Å²) >= 11 is 0. The number of likely N-dealkylation sites (tertiary alicyclic amines) is 1. The first-order valence-electron chi connectivity index (χ1n) is 16.4. The van der Waals surface area contributed by atoms with Crippen LogP contribution in [0.2, 0.25) is 0 Å². The smallest absolute Gasteiger partial charge is 0.246 e. The van der Waals surface area contributed by atoms with E-state index in [0.29, 0.717) is 34.9 Å². The number of carbonyl (C=O) groups is 3. The molecule has 4 heterocycles. The summed E-state index contributed by atoms with van der Waals surface area (Å²) in [5.74, 6) is 0.00439. The molecule has 1 spiro atoms. The molecule has 2 aromatic carbocycles. The van der Waals surface area contributed by atoms with Crippen LogP contribution in [-0.4, -0.2) is 65.7 Å². The Balaban J connectivity index is 1.17. The fourth-order valence-corrected chi connectivity index (χ4v) is 8.06. The fraction of sp³-hybridized carbons (Fsp3) is 0.528. The highest BCUT2D eigenvalue weighted by molar-refractivity contribution is 6.02. The molecular weight excluding hydrogens is 570 g/mol. The summed E-state index contributed by atoms with van der Waals surface area (Å²) in [6, 6.07) is 14.3. The molecule has 9 atom stereocenters. The van der Waals surface area contributed by atoms with E-state index in [2.05, 4.69) is 38.3 Å². The molecule has 3 amide bonds. The first-order chi connectivity index (χ1) is 21.7. The van der Waals surface area contributed by atoms with Crippen LogP contribution in [0.15, 0.2) is 60.7 Å². The molecule has 3 fully saturated rings. The van der Waals surface area contributed by atoms with E-state index in [1.54, 1.807) is 4.90 Å². The zero-order valence-electron chi connectivity index (χ0n) is 26.4. The van der Waals surface area contributed by atoms with Crippen molar-refractivity contribution in [3.8, 4) is 11.5 Å². The first kappa shape index (κ1) is 29.8. The number of nitrogens with zero attached hydrogens (tertiary/aromatic N) is 1. The summed E-state index contributed by atoms with van der Waals surface area (Å²) in [7, 11) is 0. The van der Waals surface area contributed by atoms with Gasteiger partial charge < -0.3 is 29.7 Å². The molecule has 4 aliphatic heterocycles. The maximum Gasteiger partial charge on any atom is 0.246 e. The lowest BCUT2D eigenvalue weighted by molar-refractivity contribution is -0.143. The van der Waals surface area contributed by atoms with Crippen molar-refractivity contribution in [2.75, 3.05) is 18.5 Å². The van der Waals surface area contributed by atoms with Crippen molar-refractivity contribution in [1.82, 2.24) is 10.2 Å². The van der Waals surface area contributed by atoms with Gasteiger partial charge in [0.05, 0.1) is 24.5 Å². The predicted molar refractivity (Wildman–Crippen MR) is 169 cm³/mol. The van der Waals surface area contributed by atoms with E-state index >= 15 is 0 Å². The molecule has 238 valence electrons. The largest absolute Gasteiger partial charge is 0.486 e. The number of rotatable bonds is 7. The minimum absolute atomic E-state index is 0.00489. The standard InChI is InChI=1S/C36H43N3O6/c1-20(2)23-12-14-24(15-13-23)37-33(40)30-29-16-17-36(45-29)31(30)35(42)39(18-25-19-43-27-10-5-6-11-28(27)44-25)32(36)34(41)38-26-9-7-8-21(3)22(26)4/h5-6,10-17,20-22,25-26,29-32H,7-9,18-19H2,1-4H3,(H,37,40)(H,38,41)/t21?,22?,25?,26?,29-,30?,31-,32?,36?/m1/s1. The molecule has 0 radical (unpaired) electrons. The third kappa shape index (κ3) is 5.09. The fourth-order valence-electron chi connectivity index (χ4n) is 8.06. The van der Waals surface area contributed by atoms with Gasteiger partial charge in [-0.05, 0) is 54.0 Å². The minimum atomic E-state index is -1.24. The molecule has 2 N–H and O–H groups in total. The normalized spacial score (nSPS) is 34.6. The minimum Gasteiger partial charge on any atom is -0.486 e. The first-order valence-corrected chi connectivity index (χ1v) is 16.4. The Bertz CT molecular complexity index is 1510. The van der Waals surface area contributed by atoms with Crippen molar-refractivity contribution in [2.45, 2.75) is 82.8 Å². The van der Waals surface area contributed by atoms with Crippen LogP contribution in [0, 0.1) is 23.7 Å². The molecule has 2 aromatic rings. The number of nitrogens with one attached hydrogen (secondary N) is 2. The SMILES string of the molecule is CC(C)c1ccc(NC(=O)C2[C@H]3C=CC4(O3)C(C(=O)NC3CCCC(C)C3C)N(CC3COc5ccccc5O3)C(=O)[C@@H]24)cc1. The van der Waals surface area contributed by atoms with Crippen molar-refractivity contribution >= 4 is 23.4 Å². The molecule has 9 heteroatoms. The van der Waals surface area contributed by atoms with Gasteiger partial charge in [-0.1, -0.05) is 77.0 Å². The highest BCUT2D eigenvalue weighted by atomic mass is 16.6. The maximum atomic E-state index is 14.5. The summed E-state index contributed by atoms with van der Waals surface area (Å²) in [6.07, 6.45) is 5.69.